The number of hydrogen-bond donors (Lipinski definition) is 3. The van der Waals surface area contributed by atoms with Gasteiger partial charge in [-0.1, -0.05) is 0 Å². The van der Waals surface area contributed by atoms with E-state index in [0.717, 1.165) is 17.3 Å². The van der Waals surface area contributed by atoms with Crippen LogP contribution in [0.3, 0.4) is 0 Å². The van der Waals surface area contributed by atoms with Gasteiger partial charge in [-0.05, 0) is 32.0 Å². The van der Waals surface area contributed by atoms with Crippen LogP contribution in [0.2, 0.25) is 0 Å². The highest BCUT2D eigenvalue weighted by Crippen LogP contribution is 2.17. The molecule has 7 heteroatoms. The maximum absolute atomic E-state index is 13.7. The Hall–Kier alpha value is -2.70. The predicted octanol–water partition coefficient (Wildman–Crippen LogP) is 2.05. The third-order valence-electron chi connectivity index (χ3n) is 3.11. The number of aromatic amines is 1. The van der Waals surface area contributed by atoms with Crippen LogP contribution < -0.4 is 5.32 Å². The second kappa shape index (κ2) is 5.74. The first kappa shape index (κ1) is 14.7. The van der Waals surface area contributed by atoms with Gasteiger partial charge >= 0.3 is 5.97 Å². The Morgan fingerprint density at radius 2 is 2.10 bits per heavy atom. The van der Waals surface area contributed by atoms with Crippen LogP contribution in [0.15, 0.2) is 18.2 Å². The van der Waals surface area contributed by atoms with Crippen molar-refractivity contribution in [2.24, 2.45) is 0 Å². The number of carbonyl (C=O) groups excluding carboxylic acids is 1. The average Bonchev–Trinajstić information content (AvgIpc) is 2.72. The van der Waals surface area contributed by atoms with Gasteiger partial charge in [-0.15, -0.1) is 0 Å². The van der Waals surface area contributed by atoms with E-state index in [-0.39, 0.29) is 17.7 Å². The summed E-state index contributed by atoms with van der Waals surface area (Å²) in [5, 5.41) is 17.9. The van der Waals surface area contributed by atoms with E-state index in [0.29, 0.717) is 5.69 Å². The fourth-order valence-electron chi connectivity index (χ4n) is 1.94. The number of aryl methyl sites for hydroxylation is 2. The van der Waals surface area contributed by atoms with Crippen molar-refractivity contribution in [1.29, 1.82) is 0 Å². The third kappa shape index (κ3) is 3.25. The third-order valence-corrected chi connectivity index (χ3v) is 3.11. The molecular weight excluding hydrogens is 277 g/mol. The lowest BCUT2D eigenvalue weighted by atomic mass is 10.1. The zero-order valence-corrected chi connectivity index (χ0v) is 11.5. The molecule has 1 aromatic carbocycles. The zero-order chi connectivity index (χ0) is 15.6. The Bertz CT molecular complexity index is 690. The quantitative estimate of drug-likeness (QED) is 0.803. The molecule has 0 atom stereocenters. The number of aromatic carboxylic acids is 1. The molecule has 3 N–H and O–H groups in total. The molecule has 2 rings (SSSR count). The second-order valence-corrected chi connectivity index (χ2v) is 4.64. The first-order chi connectivity index (χ1) is 9.88. The van der Waals surface area contributed by atoms with Gasteiger partial charge in [0.1, 0.15) is 5.82 Å². The van der Waals surface area contributed by atoms with Crippen LogP contribution in [0.4, 0.5) is 10.1 Å². The highest BCUT2D eigenvalue weighted by Gasteiger charge is 2.14. The summed E-state index contributed by atoms with van der Waals surface area (Å²) in [6.45, 7) is 3.57. The van der Waals surface area contributed by atoms with Crippen molar-refractivity contribution in [3.63, 3.8) is 0 Å². The van der Waals surface area contributed by atoms with Gasteiger partial charge in [0, 0.05) is 11.3 Å². The normalized spacial score (nSPS) is 10.4. The Balaban J connectivity index is 2.11. The number of carboxylic acid groups (broad SMARTS) is 1. The number of aromatic nitrogens is 2. The zero-order valence-electron chi connectivity index (χ0n) is 11.5. The summed E-state index contributed by atoms with van der Waals surface area (Å²) in [6.07, 6.45) is 0.0638. The molecule has 0 saturated heterocycles. The number of anilines is 1. The second-order valence-electron chi connectivity index (χ2n) is 4.64. The van der Waals surface area contributed by atoms with E-state index in [1.807, 2.05) is 0 Å². The van der Waals surface area contributed by atoms with Crippen molar-refractivity contribution in [3.05, 3.63) is 46.5 Å². The number of carboxylic acids is 1. The largest absolute Gasteiger partial charge is 0.478 e. The maximum atomic E-state index is 13.7. The fourth-order valence-corrected chi connectivity index (χ4v) is 1.94. The number of H-pyrrole nitrogens is 1. The first-order valence-electron chi connectivity index (χ1n) is 6.21. The summed E-state index contributed by atoms with van der Waals surface area (Å²) in [5.74, 6) is -2.41. The minimum Gasteiger partial charge on any atom is -0.478 e. The van der Waals surface area contributed by atoms with E-state index in [4.69, 9.17) is 5.11 Å². The summed E-state index contributed by atoms with van der Waals surface area (Å²) in [5.41, 5.74) is 2.03. The van der Waals surface area contributed by atoms with Gasteiger partial charge in [0.25, 0.3) is 0 Å². The standard InChI is InChI=1S/C14H14FN3O3/c1-7-10(8(2)18-17-7)6-13(19)16-12-4-3-9(14(20)21)5-11(12)15/h3-5H,6H2,1-2H3,(H,16,19)(H,17,18)(H,20,21). The molecule has 0 radical (unpaired) electrons. The topological polar surface area (TPSA) is 95.1 Å². The summed E-state index contributed by atoms with van der Waals surface area (Å²) >= 11 is 0. The van der Waals surface area contributed by atoms with Crippen molar-refractivity contribution in [3.8, 4) is 0 Å². The Morgan fingerprint density at radius 3 is 2.62 bits per heavy atom. The summed E-state index contributed by atoms with van der Waals surface area (Å²) in [6, 6.07) is 3.33. The molecule has 0 saturated carbocycles. The number of amides is 1. The van der Waals surface area contributed by atoms with Gasteiger partial charge in [0.2, 0.25) is 5.91 Å². The molecule has 6 nitrogen and oxygen atoms in total. The number of halogens is 1. The van der Waals surface area contributed by atoms with Gasteiger partial charge in [0.15, 0.2) is 0 Å². The van der Waals surface area contributed by atoms with Crippen LogP contribution in [0.25, 0.3) is 0 Å². The van der Waals surface area contributed by atoms with Crippen molar-refractivity contribution in [1.82, 2.24) is 10.2 Å². The molecule has 110 valence electrons. The minimum atomic E-state index is -1.23. The lowest BCUT2D eigenvalue weighted by Crippen LogP contribution is -2.16. The Morgan fingerprint density at radius 1 is 1.38 bits per heavy atom. The minimum absolute atomic E-state index is 0.0520. The van der Waals surface area contributed by atoms with Gasteiger partial charge in [-0.25, -0.2) is 9.18 Å². The molecule has 1 aromatic heterocycles. The first-order valence-corrected chi connectivity index (χ1v) is 6.21. The van der Waals surface area contributed by atoms with Crippen LogP contribution in [-0.4, -0.2) is 27.2 Å². The van der Waals surface area contributed by atoms with E-state index in [1.165, 1.54) is 12.1 Å². The number of rotatable bonds is 4. The van der Waals surface area contributed by atoms with Crippen LogP contribution in [-0.2, 0) is 11.2 Å². The summed E-state index contributed by atoms with van der Waals surface area (Å²) in [4.78, 5) is 22.6. The fraction of sp³-hybridized carbons (Fsp3) is 0.214. The highest BCUT2D eigenvalue weighted by molar-refractivity contribution is 5.94. The molecular formula is C14H14FN3O3. The molecule has 2 aromatic rings. The summed E-state index contributed by atoms with van der Waals surface area (Å²) in [7, 11) is 0. The number of benzene rings is 1. The molecule has 1 amide bonds. The van der Waals surface area contributed by atoms with E-state index >= 15 is 0 Å². The van der Waals surface area contributed by atoms with Crippen molar-refractivity contribution in [2.75, 3.05) is 5.32 Å². The molecule has 0 unspecified atom stereocenters. The number of carbonyl (C=O) groups is 2. The van der Waals surface area contributed by atoms with E-state index in [1.54, 1.807) is 13.8 Å². The van der Waals surface area contributed by atoms with E-state index in [9.17, 15) is 14.0 Å². The Kier molecular flexibility index (Phi) is 4.02. The van der Waals surface area contributed by atoms with E-state index in [2.05, 4.69) is 15.5 Å². The van der Waals surface area contributed by atoms with Crippen LogP contribution in [0, 0.1) is 19.7 Å². The maximum Gasteiger partial charge on any atom is 0.335 e. The van der Waals surface area contributed by atoms with Gasteiger partial charge in [0.05, 0.1) is 23.4 Å². The molecule has 0 aliphatic heterocycles. The predicted molar refractivity (Wildman–Crippen MR) is 73.8 cm³/mol. The van der Waals surface area contributed by atoms with Crippen molar-refractivity contribution >= 4 is 17.6 Å². The van der Waals surface area contributed by atoms with Crippen LogP contribution in [0.1, 0.15) is 27.3 Å². The summed E-state index contributed by atoms with van der Waals surface area (Å²) < 4.78 is 13.7. The number of nitrogens with zero attached hydrogens (tertiary/aromatic N) is 1. The Labute approximate surface area is 120 Å². The van der Waals surface area contributed by atoms with Crippen molar-refractivity contribution in [2.45, 2.75) is 20.3 Å². The van der Waals surface area contributed by atoms with Crippen molar-refractivity contribution < 1.29 is 19.1 Å². The highest BCUT2D eigenvalue weighted by atomic mass is 19.1. The molecule has 0 aliphatic carbocycles. The molecule has 21 heavy (non-hydrogen) atoms. The van der Waals surface area contributed by atoms with Gasteiger partial charge in [-0.2, -0.15) is 5.10 Å². The van der Waals surface area contributed by atoms with E-state index < -0.39 is 17.7 Å². The lowest BCUT2D eigenvalue weighted by Gasteiger charge is -2.07. The molecule has 0 bridgehead atoms. The average molecular weight is 291 g/mol. The smallest absolute Gasteiger partial charge is 0.335 e. The van der Waals surface area contributed by atoms with Crippen LogP contribution >= 0.6 is 0 Å². The molecule has 0 aliphatic rings. The van der Waals surface area contributed by atoms with Gasteiger partial charge in [-0.3, -0.25) is 9.89 Å². The van der Waals surface area contributed by atoms with Gasteiger partial charge < -0.3 is 10.4 Å². The lowest BCUT2D eigenvalue weighted by molar-refractivity contribution is -0.115. The molecule has 0 spiro atoms. The molecule has 1 heterocycles. The number of nitrogens with one attached hydrogen (secondary N) is 2. The molecule has 0 fully saturated rings. The monoisotopic (exact) mass is 291 g/mol. The number of hydrogen-bond acceptors (Lipinski definition) is 3. The van der Waals surface area contributed by atoms with Crippen LogP contribution in [0.5, 0.6) is 0 Å². The SMILES string of the molecule is Cc1n[nH]c(C)c1CC(=O)Nc1ccc(C(=O)O)cc1F.